The second kappa shape index (κ2) is 4.33. The molecule has 15 heavy (non-hydrogen) atoms. The summed E-state index contributed by atoms with van der Waals surface area (Å²) in [6.07, 6.45) is 4.42. The Bertz CT molecular complexity index is 434. The molecule has 2 rings (SSSR count). The van der Waals surface area contributed by atoms with E-state index in [2.05, 4.69) is 16.0 Å². The molecule has 2 heterocycles. The molecule has 0 unspecified atom stereocenters. The molecule has 0 bridgehead atoms. The standard InChI is InChI=1S/C11H10ClN3/c12-10-2-1-5-14-11(10)15-6-3-9(8-13)4-7-15/h1-3,5H,4,6-7H2. The quantitative estimate of drug-likeness (QED) is 0.728. The fraction of sp³-hybridized carbons (Fsp3) is 0.273. The lowest BCUT2D eigenvalue weighted by molar-refractivity contribution is 0.789. The molecule has 0 saturated heterocycles. The maximum Gasteiger partial charge on any atom is 0.147 e. The number of rotatable bonds is 1. The zero-order valence-corrected chi connectivity index (χ0v) is 8.91. The van der Waals surface area contributed by atoms with Gasteiger partial charge in [0.2, 0.25) is 0 Å². The third-order valence-electron chi connectivity index (χ3n) is 2.39. The Morgan fingerprint density at radius 2 is 2.40 bits per heavy atom. The highest BCUT2D eigenvalue weighted by molar-refractivity contribution is 6.32. The molecule has 4 heteroatoms. The lowest BCUT2D eigenvalue weighted by Crippen LogP contribution is -2.29. The number of halogens is 1. The third-order valence-corrected chi connectivity index (χ3v) is 2.69. The normalized spacial score (nSPS) is 15.7. The van der Waals surface area contributed by atoms with E-state index in [1.54, 1.807) is 6.20 Å². The van der Waals surface area contributed by atoms with Crippen LogP contribution in [0.25, 0.3) is 0 Å². The van der Waals surface area contributed by atoms with Crippen LogP contribution in [-0.2, 0) is 0 Å². The van der Waals surface area contributed by atoms with Crippen molar-refractivity contribution in [2.45, 2.75) is 6.42 Å². The van der Waals surface area contributed by atoms with Crippen molar-refractivity contribution in [1.82, 2.24) is 4.98 Å². The summed E-state index contributed by atoms with van der Waals surface area (Å²) < 4.78 is 0. The molecule has 0 aromatic carbocycles. The van der Waals surface area contributed by atoms with Gasteiger partial charge >= 0.3 is 0 Å². The Labute approximate surface area is 93.6 Å². The molecule has 0 N–H and O–H groups in total. The van der Waals surface area contributed by atoms with E-state index in [1.165, 1.54) is 0 Å². The summed E-state index contributed by atoms with van der Waals surface area (Å²) in [6.45, 7) is 1.51. The largest absolute Gasteiger partial charge is 0.351 e. The molecule has 1 aliphatic rings. The minimum Gasteiger partial charge on any atom is -0.351 e. The summed E-state index contributed by atoms with van der Waals surface area (Å²) in [5.74, 6) is 0.799. The van der Waals surface area contributed by atoms with Crippen LogP contribution in [0, 0.1) is 11.3 Å². The molecule has 3 nitrogen and oxygen atoms in total. The van der Waals surface area contributed by atoms with Crippen LogP contribution in [0.15, 0.2) is 30.0 Å². The van der Waals surface area contributed by atoms with Gasteiger partial charge in [0.05, 0.1) is 11.1 Å². The molecule has 0 spiro atoms. The summed E-state index contributed by atoms with van der Waals surface area (Å²) in [4.78, 5) is 6.31. The number of aromatic nitrogens is 1. The van der Waals surface area contributed by atoms with Crippen molar-refractivity contribution in [1.29, 1.82) is 5.26 Å². The summed E-state index contributed by atoms with van der Waals surface area (Å²) in [7, 11) is 0. The van der Waals surface area contributed by atoms with Crippen molar-refractivity contribution in [2.75, 3.05) is 18.0 Å². The average Bonchev–Trinajstić information content (AvgIpc) is 2.30. The molecule has 1 aromatic rings. The van der Waals surface area contributed by atoms with E-state index in [0.717, 1.165) is 24.4 Å². The maximum atomic E-state index is 8.72. The molecule has 0 aliphatic carbocycles. The first-order chi connectivity index (χ1) is 7.31. The number of pyridine rings is 1. The van der Waals surface area contributed by atoms with E-state index in [9.17, 15) is 0 Å². The van der Waals surface area contributed by atoms with Gasteiger partial charge in [-0.15, -0.1) is 0 Å². The van der Waals surface area contributed by atoms with Crippen LogP contribution >= 0.6 is 11.6 Å². The molecule has 0 fully saturated rings. The minimum absolute atomic E-state index is 0.659. The summed E-state index contributed by atoms with van der Waals surface area (Å²) in [5.41, 5.74) is 0.846. The van der Waals surface area contributed by atoms with Gasteiger partial charge in [-0.3, -0.25) is 0 Å². The lowest BCUT2D eigenvalue weighted by atomic mass is 10.1. The SMILES string of the molecule is N#CC1=CCN(c2ncccc2Cl)CC1. The van der Waals surface area contributed by atoms with Crippen LogP contribution in [0.5, 0.6) is 0 Å². The monoisotopic (exact) mass is 219 g/mol. The van der Waals surface area contributed by atoms with E-state index in [1.807, 2.05) is 18.2 Å². The first-order valence-electron chi connectivity index (χ1n) is 4.76. The van der Waals surface area contributed by atoms with Crippen LogP contribution < -0.4 is 4.90 Å². The van der Waals surface area contributed by atoms with Crippen LogP contribution in [-0.4, -0.2) is 18.1 Å². The first kappa shape index (κ1) is 10.0. The molecular formula is C11H10ClN3. The van der Waals surface area contributed by atoms with Gasteiger partial charge in [0.15, 0.2) is 0 Å². The number of nitrogens with zero attached hydrogens (tertiary/aromatic N) is 3. The summed E-state index contributed by atoms with van der Waals surface area (Å²) in [5, 5.41) is 9.38. The van der Waals surface area contributed by atoms with Crippen LogP contribution in [0.4, 0.5) is 5.82 Å². The first-order valence-corrected chi connectivity index (χ1v) is 5.13. The molecule has 0 saturated carbocycles. The van der Waals surface area contributed by atoms with E-state index < -0.39 is 0 Å². The topological polar surface area (TPSA) is 39.9 Å². The summed E-state index contributed by atoms with van der Waals surface area (Å²) in [6, 6.07) is 5.81. The Hall–Kier alpha value is -1.53. The predicted molar refractivity (Wildman–Crippen MR) is 59.8 cm³/mol. The highest BCUT2D eigenvalue weighted by Gasteiger charge is 2.14. The Morgan fingerprint density at radius 1 is 1.53 bits per heavy atom. The average molecular weight is 220 g/mol. The molecule has 1 aliphatic heterocycles. The Kier molecular flexibility index (Phi) is 2.89. The number of anilines is 1. The fourth-order valence-corrected chi connectivity index (χ4v) is 1.81. The van der Waals surface area contributed by atoms with Crippen LogP contribution in [0.3, 0.4) is 0 Å². The third kappa shape index (κ3) is 2.11. The van der Waals surface area contributed by atoms with Gasteiger partial charge in [-0.25, -0.2) is 4.98 Å². The van der Waals surface area contributed by atoms with E-state index in [4.69, 9.17) is 16.9 Å². The Balaban J connectivity index is 2.19. The van der Waals surface area contributed by atoms with Crippen molar-refractivity contribution in [3.8, 4) is 6.07 Å². The highest BCUT2D eigenvalue weighted by atomic mass is 35.5. The van der Waals surface area contributed by atoms with Gasteiger partial charge in [-0.2, -0.15) is 5.26 Å². The molecule has 1 aromatic heterocycles. The van der Waals surface area contributed by atoms with Crippen molar-refractivity contribution < 1.29 is 0 Å². The molecule has 0 atom stereocenters. The molecule has 0 radical (unpaired) electrons. The van der Waals surface area contributed by atoms with E-state index in [0.29, 0.717) is 11.6 Å². The maximum absolute atomic E-state index is 8.72. The lowest BCUT2D eigenvalue weighted by Gasteiger charge is -2.26. The van der Waals surface area contributed by atoms with Gasteiger partial charge in [0.1, 0.15) is 5.82 Å². The van der Waals surface area contributed by atoms with Gasteiger partial charge in [0.25, 0.3) is 0 Å². The van der Waals surface area contributed by atoms with Gasteiger partial charge in [0, 0.05) is 24.9 Å². The van der Waals surface area contributed by atoms with Crippen molar-refractivity contribution >= 4 is 17.4 Å². The molecular weight excluding hydrogens is 210 g/mol. The van der Waals surface area contributed by atoms with Crippen LogP contribution in [0.1, 0.15) is 6.42 Å². The number of hydrogen-bond acceptors (Lipinski definition) is 3. The van der Waals surface area contributed by atoms with Gasteiger partial charge in [-0.05, 0) is 18.6 Å². The highest BCUT2D eigenvalue weighted by Crippen LogP contribution is 2.24. The zero-order valence-electron chi connectivity index (χ0n) is 8.15. The van der Waals surface area contributed by atoms with Gasteiger partial charge < -0.3 is 4.90 Å². The smallest absolute Gasteiger partial charge is 0.147 e. The molecule has 76 valence electrons. The predicted octanol–water partition coefficient (Wildman–Crippen LogP) is 2.40. The van der Waals surface area contributed by atoms with E-state index in [-0.39, 0.29) is 0 Å². The minimum atomic E-state index is 0.659. The van der Waals surface area contributed by atoms with Crippen LogP contribution in [0.2, 0.25) is 5.02 Å². The Morgan fingerprint density at radius 3 is 3.00 bits per heavy atom. The van der Waals surface area contributed by atoms with E-state index >= 15 is 0 Å². The number of hydrogen-bond donors (Lipinski definition) is 0. The zero-order chi connectivity index (χ0) is 10.7. The second-order valence-corrected chi connectivity index (χ2v) is 3.75. The molecule has 0 amide bonds. The van der Waals surface area contributed by atoms with Crippen molar-refractivity contribution in [3.63, 3.8) is 0 Å². The van der Waals surface area contributed by atoms with Crippen molar-refractivity contribution in [3.05, 3.63) is 35.0 Å². The fourth-order valence-electron chi connectivity index (χ4n) is 1.57. The van der Waals surface area contributed by atoms with Crippen molar-refractivity contribution in [2.24, 2.45) is 0 Å². The summed E-state index contributed by atoms with van der Waals surface area (Å²) >= 11 is 6.04. The second-order valence-electron chi connectivity index (χ2n) is 3.35. The number of nitriles is 1. The van der Waals surface area contributed by atoms with Gasteiger partial charge in [-0.1, -0.05) is 17.7 Å².